The number of nitrogens with two attached hydrogens (primary N) is 1. The number of hydrogen-bond acceptors (Lipinski definition) is 1. The molecule has 0 aliphatic heterocycles. The summed E-state index contributed by atoms with van der Waals surface area (Å²) >= 11 is 4.71. The standard InChI is InChI=1S/C9H10F2N2S/c1-5(9(12)14)7-3-6(8(10)11)4-13(7)2/h3-4,8H,1H2,2H3,(H2,12,14). The zero-order chi connectivity index (χ0) is 10.9. The van der Waals surface area contributed by atoms with Crippen LogP contribution in [0.2, 0.25) is 0 Å². The number of aryl methyl sites for hydroxylation is 1. The molecule has 0 spiro atoms. The van der Waals surface area contributed by atoms with Crippen molar-refractivity contribution >= 4 is 22.8 Å². The number of halogens is 2. The molecule has 0 bridgehead atoms. The molecule has 1 aromatic rings. The van der Waals surface area contributed by atoms with Gasteiger partial charge in [0.2, 0.25) is 0 Å². The fourth-order valence-corrected chi connectivity index (χ4v) is 1.24. The van der Waals surface area contributed by atoms with Gasteiger partial charge in [-0.05, 0) is 6.07 Å². The van der Waals surface area contributed by atoms with Crippen molar-refractivity contribution in [2.24, 2.45) is 12.8 Å². The second-order valence-corrected chi connectivity index (χ2v) is 3.35. The van der Waals surface area contributed by atoms with Crippen LogP contribution in [0.1, 0.15) is 17.7 Å². The minimum absolute atomic E-state index is 0.0556. The Morgan fingerprint density at radius 2 is 2.21 bits per heavy atom. The molecule has 5 heteroatoms. The lowest BCUT2D eigenvalue weighted by Crippen LogP contribution is -2.11. The number of aromatic nitrogens is 1. The van der Waals surface area contributed by atoms with E-state index >= 15 is 0 Å². The number of nitrogens with zero attached hydrogens (tertiary/aromatic N) is 1. The Balaban J connectivity index is 3.10. The molecule has 0 aliphatic rings. The third-order valence-corrected chi connectivity index (χ3v) is 2.13. The highest BCUT2D eigenvalue weighted by atomic mass is 32.1. The average Bonchev–Trinajstić information content (AvgIpc) is 2.46. The van der Waals surface area contributed by atoms with Crippen molar-refractivity contribution in [1.29, 1.82) is 0 Å². The molecule has 14 heavy (non-hydrogen) atoms. The maximum absolute atomic E-state index is 12.3. The van der Waals surface area contributed by atoms with Crippen molar-refractivity contribution < 1.29 is 8.78 Å². The summed E-state index contributed by atoms with van der Waals surface area (Å²) in [5.74, 6) is 0. The summed E-state index contributed by atoms with van der Waals surface area (Å²) < 4.78 is 26.2. The normalized spacial score (nSPS) is 10.6. The van der Waals surface area contributed by atoms with Crippen molar-refractivity contribution in [2.75, 3.05) is 0 Å². The maximum Gasteiger partial charge on any atom is 0.265 e. The van der Waals surface area contributed by atoms with E-state index in [0.29, 0.717) is 11.3 Å². The van der Waals surface area contributed by atoms with E-state index in [-0.39, 0.29) is 10.6 Å². The summed E-state index contributed by atoms with van der Waals surface area (Å²) in [7, 11) is 1.64. The van der Waals surface area contributed by atoms with Gasteiger partial charge in [-0.15, -0.1) is 0 Å². The Hall–Kier alpha value is -1.23. The summed E-state index contributed by atoms with van der Waals surface area (Å²) in [6, 6.07) is 1.34. The number of hydrogen-bond donors (Lipinski definition) is 1. The molecule has 1 heterocycles. The molecule has 1 aromatic heterocycles. The van der Waals surface area contributed by atoms with Crippen molar-refractivity contribution in [2.45, 2.75) is 6.43 Å². The third-order valence-electron chi connectivity index (χ3n) is 1.88. The van der Waals surface area contributed by atoms with E-state index in [9.17, 15) is 8.78 Å². The predicted molar refractivity (Wildman–Crippen MR) is 56.2 cm³/mol. The van der Waals surface area contributed by atoms with Gasteiger partial charge in [0, 0.05) is 24.4 Å². The summed E-state index contributed by atoms with van der Waals surface area (Å²) in [6.45, 7) is 3.63. The SMILES string of the molecule is C=C(C(N)=S)c1cc(C(F)F)cn1C. The molecule has 2 nitrogen and oxygen atoms in total. The van der Waals surface area contributed by atoms with Crippen LogP contribution in [0.5, 0.6) is 0 Å². The maximum atomic E-state index is 12.3. The molecule has 0 unspecified atom stereocenters. The lowest BCUT2D eigenvalue weighted by Gasteiger charge is -2.03. The van der Waals surface area contributed by atoms with Crippen molar-refractivity contribution in [1.82, 2.24) is 4.57 Å². The van der Waals surface area contributed by atoms with Gasteiger partial charge in [-0.25, -0.2) is 8.78 Å². The molecule has 2 N–H and O–H groups in total. The summed E-state index contributed by atoms with van der Waals surface area (Å²) in [5, 5.41) is 0. The molecule has 0 aromatic carbocycles. The molecule has 0 radical (unpaired) electrons. The molecule has 1 rings (SSSR count). The molecule has 0 saturated heterocycles. The van der Waals surface area contributed by atoms with Crippen molar-refractivity contribution in [3.63, 3.8) is 0 Å². The second-order valence-electron chi connectivity index (χ2n) is 2.91. The highest BCUT2D eigenvalue weighted by Crippen LogP contribution is 2.24. The molecule has 0 fully saturated rings. The topological polar surface area (TPSA) is 30.9 Å². The first kappa shape index (κ1) is 10.8. The van der Waals surface area contributed by atoms with E-state index in [0.717, 1.165) is 0 Å². The molecule has 0 atom stereocenters. The van der Waals surface area contributed by atoms with Crippen LogP contribution in [0.25, 0.3) is 5.57 Å². The van der Waals surface area contributed by atoms with Crippen LogP contribution in [0, 0.1) is 0 Å². The van der Waals surface area contributed by atoms with E-state index in [1.807, 2.05) is 0 Å². The van der Waals surface area contributed by atoms with Gasteiger partial charge in [-0.1, -0.05) is 18.8 Å². The Labute approximate surface area is 86.0 Å². The quantitative estimate of drug-likeness (QED) is 0.620. The van der Waals surface area contributed by atoms with Gasteiger partial charge in [0.1, 0.15) is 4.99 Å². The van der Waals surface area contributed by atoms with Crippen LogP contribution in [-0.4, -0.2) is 9.56 Å². The van der Waals surface area contributed by atoms with Crippen molar-refractivity contribution in [3.8, 4) is 0 Å². The first-order chi connectivity index (χ1) is 6.43. The molecule has 0 amide bonds. The Morgan fingerprint density at radius 3 is 2.57 bits per heavy atom. The van der Waals surface area contributed by atoms with Gasteiger partial charge in [-0.2, -0.15) is 0 Å². The zero-order valence-corrected chi connectivity index (χ0v) is 8.44. The highest BCUT2D eigenvalue weighted by molar-refractivity contribution is 7.81. The molecule has 0 saturated carbocycles. The van der Waals surface area contributed by atoms with Gasteiger partial charge in [-0.3, -0.25) is 0 Å². The van der Waals surface area contributed by atoms with E-state index < -0.39 is 6.43 Å². The van der Waals surface area contributed by atoms with Gasteiger partial charge < -0.3 is 10.3 Å². The van der Waals surface area contributed by atoms with E-state index in [1.54, 1.807) is 7.05 Å². The van der Waals surface area contributed by atoms with Gasteiger partial charge in [0.15, 0.2) is 0 Å². The van der Waals surface area contributed by atoms with Crippen LogP contribution in [0.3, 0.4) is 0 Å². The Bertz CT molecular complexity index is 382. The van der Waals surface area contributed by atoms with Crippen LogP contribution in [-0.2, 0) is 7.05 Å². The molecular formula is C9H10F2N2S. The minimum atomic E-state index is -2.49. The Morgan fingerprint density at radius 1 is 1.64 bits per heavy atom. The summed E-state index contributed by atoms with van der Waals surface area (Å²) in [6.07, 6.45) is -1.15. The molecule has 0 aliphatic carbocycles. The van der Waals surface area contributed by atoms with Crippen LogP contribution in [0.15, 0.2) is 18.8 Å². The minimum Gasteiger partial charge on any atom is -0.389 e. The largest absolute Gasteiger partial charge is 0.389 e. The Kier molecular flexibility index (Phi) is 3.00. The summed E-state index contributed by atoms with van der Waals surface area (Å²) in [4.78, 5) is 0.118. The smallest absolute Gasteiger partial charge is 0.265 e. The van der Waals surface area contributed by atoms with Crippen LogP contribution < -0.4 is 5.73 Å². The number of thiocarbonyl (C=S) groups is 1. The first-order valence-corrected chi connectivity index (χ1v) is 4.27. The van der Waals surface area contributed by atoms with Crippen LogP contribution in [0.4, 0.5) is 8.78 Å². The number of rotatable bonds is 3. The fourth-order valence-electron chi connectivity index (χ4n) is 1.14. The van der Waals surface area contributed by atoms with Gasteiger partial charge >= 0.3 is 0 Å². The zero-order valence-electron chi connectivity index (χ0n) is 7.63. The highest BCUT2D eigenvalue weighted by Gasteiger charge is 2.14. The lowest BCUT2D eigenvalue weighted by molar-refractivity contribution is 0.151. The van der Waals surface area contributed by atoms with Crippen molar-refractivity contribution in [3.05, 3.63) is 30.1 Å². The van der Waals surface area contributed by atoms with E-state index in [4.69, 9.17) is 18.0 Å². The van der Waals surface area contributed by atoms with E-state index in [1.165, 1.54) is 16.8 Å². The van der Waals surface area contributed by atoms with E-state index in [2.05, 4.69) is 6.58 Å². The molecule has 76 valence electrons. The molecular weight excluding hydrogens is 206 g/mol. The monoisotopic (exact) mass is 216 g/mol. The van der Waals surface area contributed by atoms with Gasteiger partial charge in [0.25, 0.3) is 6.43 Å². The first-order valence-electron chi connectivity index (χ1n) is 3.87. The predicted octanol–water partition coefficient (Wildman–Crippen LogP) is 2.26. The van der Waals surface area contributed by atoms with Gasteiger partial charge in [0.05, 0.1) is 5.69 Å². The summed E-state index contributed by atoms with van der Waals surface area (Å²) in [5.41, 5.74) is 6.22. The second kappa shape index (κ2) is 3.88. The average molecular weight is 216 g/mol. The third kappa shape index (κ3) is 1.98. The van der Waals surface area contributed by atoms with Crippen LogP contribution >= 0.6 is 12.2 Å². The fraction of sp³-hybridized carbons (Fsp3) is 0.222. The lowest BCUT2D eigenvalue weighted by atomic mass is 10.2. The number of alkyl halides is 2.